The fraction of sp³-hybridized carbons (Fsp3) is 0.357. The topological polar surface area (TPSA) is 53.1 Å². The van der Waals surface area contributed by atoms with Gasteiger partial charge >= 0.3 is 0 Å². The molecule has 4 heteroatoms. The highest BCUT2D eigenvalue weighted by Crippen LogP contribution is 2.15. The van der Waals surface area contributed by atoms with Gasteiger partial charge in [0, 0.05) is 5.69 Å². The molecule has 0 aliphatic heterocycles. The molecular formula is C14H19N3O. The molecule has 1 aromatic carbocycles. The number of imidazole rings is 1. The van der Waals surface area contributed by atoms with E-state index in [1.54, 1.807) is 6.20 Å². The Morgan fingerprint density at radius 3 is 2.56 bits per heavy atom. The number of hydrogen-bond donors (Lipinski definition) is 1. The van der Waals surface area contributed by atoms with E-state index < -0.39 is 0 Å². The number of benzene rings is 1. The smallest absolute Gasteiger partial charge is 0.200 e. The van der Waals surface area contributed by atoms with Gasteiger partial charge in [0.05, 0.1) is 19.3 Å². The van der Waals surface area contributed by atoms with E-state index >= 15 is 0 Å². The Kier molecular flexibility index (Phi) is 3.87. The minimum atomic E-state index is 0.554. The van der Waals surface area contributed by atoms with Crippen molar-refractivity contribution in [3.05, 3.63) is 41.7 Å². The molecule has 0 fully saturated rings. The summed E-state index contributed by atoms with van der Waals surface area (Å²) in [6.45, 7) is 5.60. The van der Waals surface area contributed by atoms with E-state index in [0.29, 0.717) is 5.95 Å². The Morgan fingerprint density at radius 2 is 2.00 bits per heavy atom. The third-order valence-corrected chi connectivity index (χ3v) is 2.82. The molecule has 0 aliphatic carbocycles. The first kappa shape index (κ1) is 12.5. The van der Waals surface area contributed by atoms with Crippen LogP contribution in [0.4, 0.5) is 5.95 Å². The van der Waals surface area contributed by atoms with Crippen LogP contribution in [0, 0.1) is 6.92 Å². The highest BCUT2D eigenvalue weighted by molar-refractivity contribution is 5.30. The van der Waals surface area contributed by atoms with Gasteiger partial charge in [0.2, 0.25) is 5.95 Å². The van der Waals surface area contributed by atoms with Crippen molar-refractivity contribution in [1.29, 1.82) is 0 Å². The van der Waals surface area contributed by atoms with Crippen LogP contribution in [0.3, 0.4) is 0 Å². The third kappa shape index (κ3) is 2.83. The number of ether oxygens (including phenoxy) is 1. The summed E-state index contributed by atoms with van der Waals surface area (Å²) in [6, 6.07) is 8.11. The SMILES string of the molecule is CCCOc1ccc(Cn2c(C)cnc2N)cc1. The quantitative estimate of drug-likeness (QED) is 0.881. The van der Waals surface area contributed by atoms with Crippen molar-refractivity contribution in [1.82, 2.24) is 9.55 Å². The maximum absolute atomic E-state index is 5.81. The lowest BCUT2D eigenvalue weighted by Gasteiger charge is -2.09. The van der Waals surface area contributed by atoms with Crippen molar-refractivity contribution >= 4 is 5.95 Å². The van der Waals surface area contributed by atoms with E-state index in [0.717, 1.165) is 31.0 Å². The van der Waals surface area contributed by atoms with E-state index in [1.165, 1.54) is 5.56 Å². The van der Waals surface area contributed by atoms with Gasteiger partial charge in [-0.25, -0.2) is 4.98 Å². The number of hydrogen-bond acceptors (Lipinski definition) is 3. The van der Waals surface area contributed by atoms with E-state index in [-0.39, 0.29) is 0 Å². The predicted octanol–water partition coefficient (Wildman–Crippen LogP) is 2.61. The molecule has 2 aromatic rings. The fourth-order valence-corrected chi connectivity index (χ4v) is 1.78. The van der Waals surface area contributed by atoms with Crippen LogP contribution in [0.2, 0.25) is 0 Å². The normalized spacial score (nSPS) is 10.6. The molecule has 0 saturated carbocycles. The molecule has 18 heavy (non-hydrogen) atoms. The average molecular weight is 245 g/mol. The number of nitrogens with two attached hydrogens (primary N) is 1. The van der Waals surface area contributed by atoms with Gasteiger partial charge in [0.15, 0.2) is 0 Å². The second-order valence-corrected chi connectivity index (χ2v) is 4.34. The second-order valence-electron chi connectivity index (χ2n) is 4.34. The van der Waals surface area contributed by atoms with Crippen molar-refractivity contribution < 1.29 is 4.74 Å². The largest absolute Gasteiger partial charge is 0.494 e. The van der Waals surface area contributed by atoms with Gasteiger partial charge in [-0.3, -0.25) is 0 Å². The number of aryl methyl sites for hydroxylation is 1. The van der Waals surface area contributed by atoms with Crippen LogP contribution in [0.1, 0.15) is 24.6 Å². The highest BCUT2D eigenvalue weighted by atomic mass is 16.5. The van der Waals surface area contributed by atoms with E-state index in [4.69, 9.17) is 10.5 Å². The Morgan fingerprint density at radius 1 is 1.28 bits per heavy atom. The first-order valence-electron chi connectivity index (χ1n) is 6.20. The second kappa shape index (κ2) is 5.58. The van der Waals surface area contributed by atoms with Gasteiger partial charge in [-0.1, -0.05) is 19.1 Å². The standard InChI is InChI=1S/C14H19N3O/c1-3-8-18-13-6-4-12(5-7-13)10-17-11(2)9-16-14(17)15/h4-7,9H,3,8,10H2,1-2H3,(H2,15,16). The Labute approximate surface area is 107 Å². The highest BCUT2D eigenvalue weighted by Gasteiger charge is 2.04. The van der Waals surface area contributed by atoms with Crippen molar-refractivity contribution in [2.75, 3.05) is 12.3 Å². The zero-order valence-corrected chi connectivity index (χ0v) is 10.9. The Balaban J connectivity index is 2.06. The summed E-state index contributed by atoms with van der Waals surface area (Å²) in [5, 5.41) is 0. The third-order valence-electron chi connectivity index (χ3n) is 2.82. The molecule has 0 atom stereocenters. The molecule has 0 bridgehead atoms. The van der Waals surface area contributed by atoms with E-state index in [1.807, 2.05) is 23.6 Å². The predicted molar refractivity (Wildman–Crippen MR) is 72.7 cm³/mol. The van der Waals surface area contributed by atoms with Crippen LogP contribution in [0.25, 0.3) is 0 Å². The number of anilines is 1. The molecule has 2 N–H and O–H groups in total. The Bertz CT molecular complexity index is 483. The number of rotatable bonds is 5. The molecule has 0 aliphatic rings. The molecule has 0 radical (unpaired) electrons. The van der Waals surface area contributed by atoms with Crippen LogP contribution in [-0.2, 0) is 6.54 Å². The van der Waals surface area contributed by atoms with Crippen LogP contribution < -0.4 is 10.5 Å². The molecular weight excluding hydrogens is 226 g/mol. The minimum Gasteiger partial charge on any atom is -0.494 e. The van der Waals surface area contributed by atoms with E-state index in [2.05, 4.69) is 24.0 Å². The van der Waals surface area contributed by atoms with Crippen LogP contribution >= 0.6 is 0 Å². The Hall–Kier alpha value is -1.97. The average Bonchev–Trinajstić information content (AvgIpc) is 2.70. The van der Waals surface area contributed by atoms with Gasteiger partial charge in [0.25, 0.3) is 0 Å². The molecule has 0 unspecified atom stereocenters. The molecule has 1 aromatic heterocycles. The monoisotopic (exact) mass is 245 g/mol. The van der Waals surface area contributed by atoms with Crippen molar-refractivity contribution in [3.8, 4) is 5.75 Å². The summed E-state index contributed by atoms with van der Waals surface area (Å²) in [6.07, 6.45) is 2.81. The van der Waals surface area contributed by atoms with Crippen LogP contribution in [0.15, 0.2) is 30.5 Å². The molecule has 0 spiro atoms. The number of nitrogen functional groups attached to an aromatic ring is 1. The van der Waals surface area contributed by atoms with Gasteiger partial charge in [0.1, 0.15) is 5.75 Å². The maximum atomic E-state index is 5.81. The van der Waals surface area contributed by atoms with Crippen LogP contribution in [-0.4, -0.2) is 16.2 Å². The summed E-state index contributed by atoms with van der Waals surface area (Å²) >= 11 is 0. The fourth-order valence-electron chi connectivity index (χ4n) is 1.78. The lowest BCUT2D eigenvalue weighted by atomic mass is 10.2. The number of aromatic nitrogens is 2. The summed E-state index contributed by atoms with van der Waals surface area (Å²) < 4.78 is 7.54. The van der Waals surface area contributed by atoms with Crippen molar-refractivity contribution in [2.24, 2.45) is 0 Å². The zero-order chi connectivity index (χ0) is 13.0. The van der Waals surface area contributed by atoms with Crippen LogP contribution in [0.5, 0.6) is 5.75 Å². The van der Waals surface area contributed by atoms with Crippen molar-refractivity contribution in [3.63, 3.8) is 0 Å². The maximum Gasteiger partial charge on any atom is 0.200 e. The van der Waals surface area contributed by atoms with Gasteiger partial charge in [-0.15, -0.1) is 0 Å². The number of nitrogens with zero attached hydrogens (tertiary/aromatic N) is 2. The van der Waals surface area contributed by atoms with E-state index in [9.17, 15) is 0 Å². The van der Waals surface area contributed by atoms with Gasteiger partial charge in [-0.2, -0.15) is 0 Å². The first-order valence-corrected chi connectivity index (χ1v) is 6.20. The lowest BCUT2D eigenvalue weighted by Crippen LogP contribution is -2.06. The summed E-state index contributed by atoms with van der Waals surface area (Å²) in [5.74, 6) is 1.47. The summed E-state index contributed by atoms with van der Waals surface area (Å²) in [4.78, 5) is 4.09. The first-order chi connectivity index (χ1) is 8.70. The molecule has 96 valence electrons. The van der Waals surface area contributed by atoms with Crippen molar-refractivity contribution in [2.45, 2.75) is 26.8 Å². The summed E-state index contributed by atoms with van der Waals surface area (Å²) in [5.41, 5.74) is 8.07. The van der Waals surface area contributed by atoms with Gasteiger partial charge < -0.3 is 15.0 Å². The molecule has 1 heterocycles. The molecule has 0 amide bonds. The lowest BCUT2D eigenvalue weighted by molar-refractivity contribution is 0.317. The molecule has 4 nitrogen and oxygen atoms in total. The zero-order valence-electron chi connectivity index (χ0n) is 10.9. The molecule has 0 saturated heterocycles. The minimum absolute atomic E-state index is 0.554. The molecule has 2 rings (SSSR count). The van der Waals surface area contributed by atoms with Gasteiger partial charge in [-0.05, 0) is 31.0 Å². The summed E-state index contributed by atoms with van der Waals surface area (Å²) in [7, 11) is 0.